The van der Waals surface area contributed by atoms with Gasteiger partial charge in [0.05, 0.1) is 38.9 Å². The lowest BCUT2D eigenvalue weighted by molar-refractivity contribution is 0.101. The van der Waals surface area contributed by atoms with E-state index >= 15 is 0 Å². The van der Waals surface area contributed by atoms with Gasteiger partial charge >= 0.3 is 0 Å². The number of hydrogen-bond acceptors (Lipinski definition) is 10. The van der Waals surface area contributed by atoms with Gasteiger partial charge in [0.25, 0.3) is 11.9 Å². The van der Waals surface area contributed by atoms with E-state index < -0.39 is 11.9 Å². The molecule has 0 aliphatic carbocycles. The average Bonchev–Trinajstić information content (AvgIpc) is 3.40. The van der Waals surface area contributed by atoms with Gasteiger partial charge in [0, 0.05) is 24.0 Å². The van der Waals surface area contributed by atoms with Crippen LogP contribution in [0.5, 0.6) is 23.0 Å². The summed E-state index contributed by atoms with van der Waals surface area (Å²) in [6.07, 6.45) is 7.08. The van der Waals surface area contributed by atoms with Gasteiger partial charge in [-0.1, -0.05) is 0 Å². The van der Waals surface area contributed by atoms with Crippen molar-refractivity contribution in [1.29, 1.82) is 0 Å². The summed E-state index contributed by atoms with van der Waals surface area (Å²) in [6.45, 7) is 7.44. The standard InChI is InChI=1S/C27H26FN7O5/c1-6-19(17-12-20(37-4)21(38-5)13-18(17)29-3)40-16-8-9-23(32-14-16)33-27(36)24-22(39-7-2)15-35(34-24)26-25(28)30-10-11-31-26/h6,8-15H,3,7H2,1-2,4-5H3,(H,32,33,36)/b19-6+. The van der Waals surface area contributed by atoms with Crippen molar-refractivity contribution >= 4 is 29.9 Å². The van der Waals surface area contributed by atoms with Crippen LogP contribution in [0.15, 0.2) is 60.1 Å². The number of hydrogen-bond donors (Lipinski definition) is 1. The Kier molecular flexibility index (Phi) is 8.64. The molecule has 0 aliphatic heterocycles. The van der Waals surface area contributed by atoms with Gasteiger partial charge in [-0.25, -0.2) is 19.6 Å². The van der Waals surface area contributed by atoms with Crippen molar-refractivity contribution < 1.29 is 28.1 Å². The van der Waals surface area contributed by atoms with Crippen LogP contribution in [-0.2, 0) is 0 Å². The van der Waals surface area contributed by atoms with E-state index in [1.807, 2.05) is 6.92 Å². The molecule has 3 heterocycles. The summed E-state index contributed by atoms with van der Waals surface area (Å²) in [7, 11) is 3.07. The second kappa shape index (κ2) is 12.5. The summed E-state index contributed by atoms with van der Waals surface area (Å²) in [4.78, 5) is 28.8. The van der Waals surface area contributed by atoms with E-state index in [1.54, 1.807) is 37.3 Å². The molecule has 0 fully saturated rings. The summed E-state index contributed by atoms with van der Waals surface area (Å²) in [5.74, 6) is 0.608. The monoisotopic (exact) mass is 547 g/mol. The topological polar surface area (TPSA) is 135 Å². The predicted molar refractivity (Wildman–Crippen MR) is 146 cm³/mol. The minimum absolute atomic E-state index is 0.0804. The van der Waals surface area contributed by atoms with Crippen LogP contribution in [0.25, 0.3) is 11.6 Å². The van der Waals surface area contributed by atoms with E-state index in [0.717, 1.165) is 4.68 Å². The number of anilines is 1. The number of benzene rings is 1. The van der Waals surface area contributed by atoms with E-state index in [2.05, 4.69) is 37.1 Å². The Balaban J connectivity index is 1.53. The zero-order valence-electron chi connectivity index (χ0n) is 22.2. The molecule has 13 heteroatoms. The lowest BCUT2D eigenvalue weighted by Gasteiger charge is -2.15. The maximum Gasteiger partial charge on any atom is 0.281 e. The smallest absolute Gasteiger partial charge is 0.281 e. The van der Waals surface area contributed by atoms with Crippen LogP contribution < -0.4 is 24.3 Å². The molecule has 0 radical (unpaired) electrons. The number of methoxy groups -OCH3 is 2. The van der Waals surface area contributed by atoms with Gasteiger partial charge in [-0.2, -0.15) is 9.49 Å². The third-order valence-electron chi connectivity index (χ3n) is 5.45. The molecule has 1 amide bonds. The molecule has 0 unspecified atom stereocenters. The van der Waals surface area contributed by atoms with E-state index in [9.17, 15) is 9.18 Å². The van der Waals surface area contributed by atoms with Crippen LogP contribution in [-0.4, -0.2) is 58.2 Å². The maximum absolute atomic E-state index is 14.1. The normalized spacial score (nSPS) is 11.1. The lowest BCUT2D eigenvalue weighted by atomic mass is 10.1. The number of aliphatic imine (C=N–C) groups is 1. The van der Waals surface area contributed by atoms with Gasteiger partial charge in [-0.3, -0.25) is 9.79 Å². The molecule has 40 heavy (non-hydrogen) atoms. The minimum atomic E-state index is -0.846. The van der Waals surface area contributed by atoms with Gasteiger partial charge in [0.2, 0.25) is 5.82 Å². The zero-order chi connectivity index (χ0) is 28.6. The highest BCUT2D eigenvalue weighted by molar-refractivity contribution is 6.04. The first-order valence-corrected chi connectivity index (χ1v) is 12.0. The van der Waals surface area contributed by atoms with Crippen LogP contribution in [0.3, 0.4) is 0 Å². The number of allylic oxidation sites excluding steroid dienone is 1. The number of nitrogens with one attached hydrogen (secondary N) is 1. The number of aromatic nitrogens is 5. The lowest BCUT2D eigenvalue weighted by Crippen LogP contribution is -2.15. The third kappa shape index (κ3) is 5.88. The maximum atomic E-state index is 14.1. The summed E-state index contributed by atoms with van der Waals surface area (Å²) in [5.41, 5.74) is 1.09. The molecule has 12 nitrogen and oxygen atoms in total. The number of nitrogens with zero attached hydrogens (tertiary/aromatic N) is 6. The number of rotatable bonds is 11. The first-order chi connectivity index (χ1) is 19.4. The van der Waals surface area contributed by atoms with Gasteiger partial charge < -0.3 is 24.3 Å². The fraction of sp³-hybridized carbons (Fsp3) is 0.185. The van der Waals surface area contributed by atoms with E-state index in [1.165, 1.54) is 39.0 Å². The zero-order valence-corrected chi connectivity index (χ0v) is 22.2. The van der Waals surface area contributed by atoms with E-state index in [-0.39, 0.29) is 29.7 Å². The Morgan fingerprint density at radius 2 is 1.88 bits per heavy atom. The largest absolute Gasteiger partial charge is 0.493 e. The molecule has 3 aromatic heterocycles. The predicted octanol–water partition coefficient (Wildman–Crippen LogP) is 4.64. The van der Waals surface area contributed by atoms with Crippen LogP contribution in [0.2, 0.25) is 0 Å². The molecule has 206 valence electrons. The van der Waals surface area contributed by atoms with Gasteiger partial charge in [0.1, 0.15) is 17.3 Å². The Morgan fingerprint density at radius 3 is 2.50 bits per heavy atom. The van der Waals surface area contributed by atoms with E-state index in [0.29, 0.717) is 34.3 Å². The summed E-state index contributed by atoms with van der Waals surface area (Å²) < 4.78 is 37.5. The third-order valence-corrected chi connectivity index (χ3v) is 5.45. The van der Waals surface area contributed by atoms with Gasteiger partial charge in [-0.15, -0.1) is 0 Å². The number of amides is 1. The Labute approximate surface area is 229 Å². The number of halogens is 1. The first-order valence-electron chi connectivity index (χ1n) is 12.0. The Hall–Kier alpha value is -5.33. The molecule has 1 aromatic carbocycles. The molecule has 4 aromatic rings. The SMILES string of the molecule is C=Nc1cc(OC)c(OC)cc1/C(=C\C)Oc1ccc(NC(=O)c2nn(-c3nccnc3F)cc2OCC)nc1. The molecule has 0 saturated carbocycles. The highest BCUT2D eigenvalue weighted by Gasteiger charge is 2.22. The summed E-state index contributed by atoms with van der Waals surface area (Å²) in [5, 5.41) is 6.79. The molecule has 4 rings (SSSR count). The quantitative estimate of drug-likeness (QED) is 0.210. The van der Waals surface area contributed by atoms with Crippen molar-refractivity contribution in [1.82, 2.24) is 24.7 Å². The van der Waals surface area contributed by atoms with Crippen molar-refractivity contribution in [2.75, 3.05) is 26.1 Å². The molecule has 1 N–H and O–H groups in total. The number of pyridine rings is 1. The van der Waals surface area contributed by atoms with Crippen molar-refractivity contribution in [3.05, 3.63) is 72.3 Å². The van der Waals surface area contributed by atoms with Crippen molar-refractivity contribution in [2.45, 2.75) is 13.8 Å². The Morgan fingerprint density at radius 1 is 1.12 bits per heavy atom. The Bertz CT molecular complexity index is 1550. The highest BCUT2D eigenvalue weighted by Crippen LogP contribution is 2.38. The molecule has 0 spiro atoms. The van der Waals surface area contributed by atoms with Crippen LogP contribution in [0, 0.1) is 5.95 Å². The van der Waals surface area contributed by atoms with Gasteiger partial charge in [-0.05, 0) is 44.8 Å². The van der Waals surface area contributed by atoms with Crippen LogP contribution >= 0.6 is 0 Å². The number of carbonyl (C=O) groups excluding carboxylic acids is 1. The minimum Gasteiger partial charge on any atom is -0.493 e. The summed E-state index contributed by atoms with van der Waals surface area (Å²) >= 11 is 0. The van der Waals surface area contributed by atoms with Crippen molar-refractivity contribution in [3.8, 4) is 28.8 Å². The molecular weight excluding hydrogens is 521 g/mol. The first kappa shape index (κ1) is 27.7. The van der Waals surface area contributed by atoms with Crippen LogP contribution in [0.4, 0.5) is 15.9 Å². The van der Waals surface area contributed by atoms with Crippen molar-refractivity contribution in [3.63, 3.8) is 0 Å². The second-order valence-corrected chi connectivity index (χ2v) is 7.86. The molecule has 0 bridgehead atoms. The van der Waals surface area contributed by atoms with Crippen LogP contribution in [0.1, 0.15) is 29.9 Å². The highest BCUT2D eigenvalue weighted by atomic mass is 19.1. The molecule has 0 saturated heterocycles. The molecule has 0 atom stereocenters. The fourth-order valence-corrected chi connectivity index (χ4v) is 3.64. The van der Waals surface area contributed by atoms with E-state index in [4.69, 9.17) is 18.9 Å². The fourth-order valence-electron chi connectivity index (χ4n) is 3.64. The molecule has 0 aliphatic rings. The number of ether oxygens (including phenoxy) is 4. The second-order valence-electron chi connectivity index (χ2n) is 7.86. The molecular formula is C27H26FN7O5. The van der Waals surface area contributed by atoms with Gasteiger partial charge in [0.15, 0.2) is 22.9 Å². The van der Waals surface area contributed by atoms with Crippen molar-refractivity contribution in [2.24, 2.45) is 4.99 Å². The average molecular weight is 548 g/mol. The summed E-state index contributed by atoms with van der Waals surface area (Å²) in [6, 6.07) is 6.62. The number of carbonyl (C=O) groups is 1.